The number of likely N-dealkylation sites (tertiary alicyclic amines) is 1. The van der Waals surface area contributed by atoms with E-state index in [2.05, 4.69) is 84.4 Å². The van der Waals surface area contributed by atoms with E-state index in [9.17, 15) is 92.3 Å². The lowest BCUT2D eigenvalue weighted by molar-refractivity contribution is -0.145. The molecule has 132 heavy (non-hydrogen) atoms. The van der Waals surface area contributed by atoms with Crippen LogP contribution in [0.15, 0.2) is 61.1 Å². The largest absolute Gasteiger partial charge is 0.508 e. The molecule has 4 rings (SSSR count). The first-order valence-electron chi connectivity index (χ1n) is 45.3. The Bertz CT molecular complexity index is 4200. The summed E-state index contributed by atoms with van der Waals surface area (Å²) in [5.41, 5.74) is 41.6. The molecule has 2 heterocycles. The number of rotatable bonds is 64. The fraction of sp³-hybridized carbons (Fsp3) is 0.632. The number of aromatic amines is 1. The minimum Gasteiger partial charge on any atom is -0.508 e. The number of carbonyl (C=O) groups excluding carboxylic acids is 14. The number of carbonyl (C=O) groups is 16. The van der Waals surface area contributed by atoms with Gasteiger partial charge in [0.1, 0.15) is 96.1 Å². The van der Waals surface area contributed by atoms with Gasteiger partial charge in [-0.2, -0.15) is 0 Å². The van der Waals surface area contributed by atoms with Crippen molar-refractivity contribution in [1.29, 1.82) is 5.41 Å². The maximum Gasteiger partial charge on any atom is 0.326 e. The Morgan fingerprint density at radius 1 is 0.424 bits per heavy atom. The number of benzene rings is 2. The molecule has 0 unspecified atom stereocenters. The van der Waals surface area contributed by atoms with Gasteiger partial charge in [-0.25, -0.2) is 9.78 Å². The number of imidazole rings is 1. The number of phenolic OH excluding ortho intramolecular Hbond substituents is 2. The van der Waals surface area contributed by atoms with Crippen LogP contribution in [-0.4, -0.2) is 272 Å². The van der Waals surface area contributed by atoms with Gasteiger partial charge in [0.2, 0.25) is 82.7 Å². The van der Waals surface area contributed by atoms with Gasteiger partial charge in [-0.1, -0.05) is 58.4 Å². The van der Waals surface area contributed by atoms with Crippen LogP contribution in [-0.2, 0) is 96.0 Å². The zero-order valence-corrected chi connectivity index (χ0v) is 76.5. The number of aromatic nitrogens is 2. The number of carboxylic acids is 2. The van der Waals surface area contributed by atoms with Crippen molar-refractivity contribution in [3.8, 4) is 11.5 Å². The van der Waals surface area contributed by atoms with E-state index in [0.29, 0.717) is 87.7 Å². The second-order valence-electron chi connectivity index (χ2n) is 34.1. The number of amides is 14. The van der Waals surface area contributed by atoms with E-state index in [1.54, 1.807) is 27.7 Å². The predicted octanol–water partition coefficient (Wildman–Crippen LogP) is -3.93. The summed E-state index contributed by atoms with van der Waals surface area (Å²) in [7, 11) is 0. The first kappa shape index (κ1) is 112. The van der Waals surface area contributed by atoms with Crippen LogP contribution in [0.2, 0.25) is 0 Å². The van der Waals surface area contributed by atoms with Crippen molar-refractivity contribution in [3.05, 3.63) is 77.9 Å². The van der Waals surface area contributed by atoms with Crippen LogP contribution in [0.4, 0.5) is 0 Å². The van der Waals surface area contributed by atoms with Gasteiger partial charge in [0.05, 0.1) is 18.8 Å². The summed E-state index contributed by atoms with van der Waals surface area (Å²) in [6, 6.07) is -9.90. The summed E-state index contributed by atoms with van der Waals surface area (Å²) < 4.78 is 0. The van der Waals surface area contributed by atoms with Gasteiger partial charge < -0.3 is 145 Å². The molecule has 14 amide bonds. The van der Waals surface area contributed by atoms with Crippen LogP contribution in [0.5, 0.6) is 11.5 Å². The summed E-state index contributed by atoms with van der Waals surface area (Å²) >= 11 is 0. The molecule has 34 N–H and O–H groups in total. The minimum absolute atomic E-state index is 0.00864. The number of H-pyrrole nitrogens is 1. The molecule has 45 nitrogen and oxygen atoms in total. The molecule has 45 heteroatoms. The van der Waals surface area contributed by atoms with Crippen molar-refractivity contribution in [3.63, 3.8) is 0 Å². The van der Waals surface area contributed by atoms with E-state index in [1.807, 2.05) is 0 Å². The van der Waals surface area contributed by atoms with E-state index in [1.165, 1.54) is 74.9 Å². The summed E-state index contributed by atoms with van der Waals surface area (Å²) in [5.74, 6) is -16.5. The Hall–Kier alpha value is -12.2. The number of hydrogen-bond donors (Lipinski definition) is 27. The highest BCUT2D eigenvalue weighted by Gasteiger charge is 2.43. The molecule has 3 aromatic rings. The van der Waals surface area contributed by atoms with Crippen molar-refractivity contribution in [1.82, 2.24) is 89.3 Å². The molecule has 0 radical (unpaired) electrons. The van der Waals surface area contributed by atoms with Crippen molar-refractivity contribution in [2.45, 2.75) is 293 Å². The second kappa shape index (κ2) is 60.0. The molecule has 0 saturated carbocycles. The van der Waals surface area contributed by atoms with Crippen LogP contribution in [0.1, 0.15) is 200 Å². The van der Waals surface area contributed by atoms with Crippen molar-refractivity contribution < 1.29 is 97.1 Å². The Kier molecular flexibility index (Phi) is 50.9. The lowest BCUT2D eigenvalue weighted by Gasteiger charge is -2.31. The number of carboxylic acid groups (broad SMARTS) is 2. The van der Waals surface area contributed by atoms with E-state index in [0.717, 1.165) is 4.90 Å². The monoisotopic (exact) mass is 1860 g/mol. The molecule has 1 fully saturated rings. The Morgan fingerprint density at radius 3 is 1.18 bits per heavy atom. The van der Waals surface area contributed by atoms with Crippen LogP contribution in [0, 0.1) is 17.2 Å². The average Bonchev–Trinajstić information content (AvgIpc) is 1.64. The molecule has 1 aromatic heterocycles. The number of phenols is 2. The van der Waals surface area contributed by atoms with Gasteiger partial charge in [0, 0.05) is 44.2 Å². The zero-order chi connectivity index (χ0) is 98.1. The third-order valence-electron chi connectivity index (χ3n) is 21.9. The van der Waals surface area contributed by atoms with Crippen molar-refractivity contribution >= 4 is 101 Å². The number of unbranched alkanes of at least 4 members (excludes halogenated alkanes) is 5. The summed E-state index contributed by atoms with van der Waals surface area (Å²) in [5, 5.41) is 84.8. The molecule has 2 aromatic carbocycles. The van der Waals surface area contributed by atoms with E-state index >= 15 is 4.79 Å². The smallest absolute Gasteiger partial charge is 0.326 e. The molecule has 0 spiro atoms. The van der Waals surface area contributed by atoms with E-state index in [-0.39, 0.29) is 152 Å². The third-order valence-corrected chi connectivity index (χ3v) is 21.9. The Labute approximate surface area is 769 Å². The Morgan fingerprint density at radius 2 is 0.773 bits per heavy atom. The van der Waals surface area contributed by atoms with Gasteiger partial charge in [0.25, 0.3) is 0 Å². The van der Waals surface area contributed by atoms with Gasteiger partial charge >= 0.3 is 11.9 Å². The van der Waals surface area contributed by atoms with Gasteiger partial charge in [-0.3, -0.25) is 77.3 Å². The number of nitrogens with zero attached hydrogens (tertiary/aromatic N) is 2. The molecule has 1 aliphatic rings. The van der Waals surface area contributed by atoms with Crippen molar-refractivity contribution in [2.24, 2.45) is 52.0 Å². The SMILES string of the molecule is CC(C)C[C@H](NC(=O)[C@H](C)NC(=O)[C@H](CC(C)C)NC(=O)[C@H](CCCCN)NC(=O)[C@H](CCCNC(=N)N)NC(=O)[C@H](Cc1ccc(O)cc1)NC(=O)[C@H](C)NC(=O)[C@H](CCCCN)NC(=O)[C@@H](N)CCCCN)C(=O)N[C@@H](CCCCN)C(=O)N[C@@H](Cc1ccc(O)cc1)C(=O)N[C@@H](Cc1cnc[nH]1)C(=O)N1CCC[C@H]1C(=O)N[C@@H](CC(=O)O)C(=O)N[C@@H](CCCCN)C(=O)O. The molecule has 0 aliphatic carbocycles. The van der Waals surface area contributed by atoms with Crippen LogP contribution >= 0.6 is 0 Å². The number of aliphatic carboxylic acids is 2. The van der Waals surface area contributed by atoms with E-state index in [4.69, 9.17) is 45.5 Å². The quantitative estimate of drug-likeness (QED) is 0.0146. The first-order chi connectivity index (χ1) is 62.7. The molecule has 1 aliphatic heterocycles. The third kappa shape index (κ3) is 41.5. The Balaban J connectivity index is 1.61. The average molecular weight is 1860 g/mol. The standard InChI is InChI=1S/C87H143N25O20/c1-49(2)41-64(108-77(122)60(21-9-14-36-90)102-76(121)62(24-17-39-97-87(94)95)104-81(126)66(43-53-26-30-56(113)31-27-53)107-73(118)51(5)99-75(120)59(20-8-13-35-89)101-74(119)58(93)19-7-12-34-88)79(124)100-52(6)72(117)106-65(42-50(3)4)80(125)103-61(22-10-15-37-91)78(123)109-67(44-54-28-32-57(114)33-29-54)82(127)111-69(45-55-47-96-48-98-55)85(130)112-40-18-25-70(112)84(129)110-68(46-71(115)116)83(128)105-63(86(131)132)23-11-16-38-92/h26-33,47-52,58-70,113-114H,7-25,34-46,88-93H2,1-6H3,(H,96,98)(H,99,120)(H,100,124)(H,101,119)(H,102,121)(H,103,125)(H,104,126)(H,105,128)(H,106,117)(H,107,118)(H,108,122)(H,109,123)(H,110,129)(H,111,127)(H,115,116)(H,131,132)(H4,94,95,97)/t51-,52-,58-,59-,60-,61-,62-,63-,64-,65-,66-,67-,68-,69-,70-/m0/s1. The highest BCUT2D eigenvalue weighted by atomic mass is 16.4. The fourth-order valence-electron chi connectivity index (χ4n) is 14.5. The lowest BCUT2D eigenvalue weighted by atomic mass is 10.00. The highest BCUT2D eigenvalue weighted by molar-refractivity contribution is 6.01. The number of nitrogens with two attached hydrogens (primary N) is 7. The number of aromatic hydroxyl groups is 2. The van der Waals surface area contributed by atoms with Gasteiger partial charge in [-0.15, -0.1) is 0 Å². The van der Waals surface area contributed by atoms with Crippen LogP contribution < -0.4 is 115 Å². The highest BCUT2D eigenvalue weighted by Crippen LogP contribution is 2.23. The first-order valence-corrected chi connectivity index (χ1v) is 45.3. The normalized spacial score (nSPS) is 15.6. The van der Waals surface area contributed by atoms with Crippen LogP contribution in [0.3, 0.4) is 0 Å². The topological polar surface area (TPSA) is 760 Å². The van der Waals surface area contributed by atoms with Gasteiger partial charge in [0.15, 0.2) is 5.96 Å². The summed E-state index contributed by atoms with van der Waals surface area (Å²) in [4.78, 5) is 235. The van der Waals surface area contributed by atoms with Gasteiger partial charge in [-0.05, 0) is 222 Å². The predicted molar refractivity (Wildman–Crippen MR) is 488 cm³/mol. The molecular weight excluding hydrogens is 1720 g/mol. The fourth-order valence-corrected chi connectivity index (χ4v) is 14.5. The zero-order valence-electron chi connectivity index (χ0n) is 76.5. The minimum atomic E-state index is -1.80. The molecular formula is C87H143N25O20. The second-order valence-corrected chi connectivity index (χ2v) is 34.1. The maximum absolute atomic E-state index is 15.0. The van der Waals surface area contributed by atoms with Crippen LogP contribution in [0.25, 0.3) is 0 Å². The number of nitrogens with one attached hydrogen (secondary N) is 16. The summed E-state index contributed by atoms with van der Waals surface area (Å²) in [6.07, 6.45) is 5.33. The van der Waals surface area contributed by atoms with Crippen molar-refractivity contribution in [2.75, 3.05) is 45.8 Å². The van der Waals surface area contributed by atoms with E-state index < -0.39 is 198 Å². The molecule has 1 saturated heterocycles. The molecule has 0 bridgehead atoms. The number of hydrogen-bond acceptors (Lipinski definition) is 26. The lowest BCUT2D eigenvalue weighted by Crippen LogP contribution is -2.61. The molecule has 736 valence electrons. The maximum atomic E-state index is 15.0. The number of guanidine groups is 1. The summed E-state index contributed by atoms with van der Waals surface area (Å²) in [6.45, 7) is 10.9. The molecule has 15 atom stereocenters.